The average Bonchev–Trinajstić information content (AvgIpc) is 2.61. The molecule has 25 heavy (non-hydrogen) atoms. The highest BCUT2D eigenvalue weighted by molar-refractivity contribution is 6.31. The maximum atomic E-state index is 11.2. The van der Waals surface area contributed by atoms with E-state index in [0.717, 1.165) is 42.8 Å². The molecular formula is C20H22ClNO3. The van der Waals surface area contributed by atoms with Crippen LogP contribution in [0, 0.1) is 5.92 Å². The minimum atomic E-state index is -0.693. The smallest absolute Gasteiger partial charge is 0.307 e. The van der Waals surface area contributed by atoms with Gasteiger partial charge in [-0.25, -0.2) is 0 Å². The van der Waals surface area contributed by atoms with Gasteiger partial charge in [0, 0.05) is 23.7 Å². The zero-order valence-electron chi connectivity index (χ0n) is 14.0. The second kappa shape index (κ2) is 8.37. The highest BCUT2D eigenvalue weighted by Crippen LogP contribution is 2.22. The van der Waals surface area contributed by atoms with Gasteiger partial charge in [-0.15, -0.1) is 0 Å². The Morgan fingerprint density at radius 3 is 2.88 bits per heavy atom. The van der Waals surface area contributed by atoms with E-state index in [1.165, 1.54) is 0 Å². The van der Waals surface area contributed by atoms with Crippen LogP contribution in [-0.4, -0.2) is 29.1 Å². The quantitative estimate of drug-likeness (QED) is 0.839. The van der Waals surface area contributed by atoms with Crippen LogP contribution in [0.3, 0.4) is 0 Å². The summed E-state index contributed by atoms with van der Waals surface area (Å²) in [5.74, 6) is -0.154. The van der Waals surface area contributed by atoms with Gasteiger partial charge in [0.15, 0.2) is 0 Å². The Morgan fingerprint density at radius 2 is 2.08 bits per heavy atom. The molecule has 0 spiro atoms. The molecule has 1 N–H and O–H groups in total. The molecular weight excluding hydrogens is 338 g/mol. The fourth-order valence-corrected chi connectivity index (χ4v) is 3.36. The molecule has 1 unspecified atom stereocenters. The maximum Gasteiger partial charge on any atom is 0.307 e. The molecule has 3 rings (SSSR count). The number of carboxylic acid groups (broad SMARTS) is 1. The third-order valence-corrected chi connectivity index (χ3v) is 4.88. The van der Waals surface area contributed by atoms with E-state index in [1.54, 1.807) is 0 Å². The number of benzene rings is 2. The molecule has 0 saturated carbocycles. The van der Waals surface area contributed by atoms with E-state index in [9.17, 15) is 9.90 Å². The zero-order chi connectivity index (χ0) is 17.6. The summed E-state index contributed by atoms with van der Waals surface area (Å²) in [5, 5.41) is 9.91. The van der Waals surface area contributed by atoms with Gasteiger partial charge in [0.1, 0.15) is 12.4 Å². The second-order valence-corrected chi connectivity index (χ2v) is 6.85. The first kappa shape index (κ1) is 17.8. The number of ether oxygens (including phenoxy) is 1. The van der Waals surface area contributed by atoms with Gasteiger partial charge >= 0.3 is 5.97 Å². The van der Waals surface area contributed by atoms with Crippen molar-refractivity contribution in [3.05, 3.63) is 64.7 Å². The predicted molar refractivity (Wildman–Crippen MR) is 97.9 cm³/mol. The number of likely N-dealkylation sites (tertiary alicyclic amines) is 1. The van der Waals surface area contributed by atoms with Crippen molar-refractivity contribution in [3.8, 4) is 5.75 Å². The highest BCUT2D eigenvalue weighted by Gasteiger charge is 2.25. The van der Waals surface area contributed by atoms with E-state index in [0.29, 0.717) is 18.2 Å². The van der Waals surface area contributed by atoms with Crippen LogP contribution in [-0.2, 0) is 17.9 Å². The van der Waals surface area contributed by atoms with Crippen molar-refractivity contribution in [3.63, 3.8) is 0 Å². The highest BCUT2D eigenvalue weighted by atomic mass is 35.5. The van der Waals surface area contributed by atoms with Crippen LogP contribution >= 0.6 is 11.6 Å². The number of hydrogen-bond donors (Lipinski definition) is 1. The van der Waals surface area contributed by atoms with Gasteiger partial charge in [-0.1, -0.05) is 41.9 Å². The molecule has 4 nitrogen and oxygen atoms in total. The van der Waals surface area contributed by atoms with E-state index >= 15 is 0 Å². The molecule has 1 saturated heterocycles. The minimum absolute atomic E-state index is 0.256. The van der Waals surface area contributed by atoms with E-state index < -0.39 is 5.97 Å². The van der Waals surface area contributed by atoms with Crippen molar-refractivity contribution in [1.82, 2.24) is 4.90 Å². The second-order valence-electron chi connectivity index (χ2n) is 6.44. The van der Waals surface area contributed by atoms with Gasteiger partial charge in [-0.2, -0.15) is 0 Å². The molecule has 132 valence electrons. The van der Waals surface area contributed by atoms with Crippen LogP contribution < -0.4 is 4.74 Å². The summed E-state index contributed by atoms with van der Waals surface area (Å²) in [6.45, 7) is 2.72. The largest absolute Gasteiger partial charge is 0.489 e. The molecule has 0 aliphatic carbocycles. The lowest BCUT2D eigenvalue weighted by Crippen LogP contribution is -2.38. The number of carboxylic acids is 1. The zero-order valence-corrected chi connectivity index (χ0v) is 14.8. The molecule has 5 heteroatoms. The summed E-state index contributed by atoms with van der Waals surface area (Å²) in [7, 11) is 0. The molecule has 1 aliphatic rings. The topological polar surface area (TPSA) is 49.8 Å². The number of halogens is 1. The summed E-state index contributed by atoms with van der Waals surface area (Å²) in [6, 6.07) is 15.6. The third-order valence-electron chi connectivity index (χ3n) is 4.51. The van der Waals surface area contributed by atoms with Crippen LogP contribution in [0.25, 0.3) is 0 Å². The van der Waals surface area contributed by atoms with E-state index in [2.05, 4.69) is 4.90 Å². The van der Waals surface area contributed by atoms with Crippen LogP contribution in [0.4, 0.5) is 0 Å². The Kier molecular flexibility index (Phi) is 5.95. The summed E-state index contributed by atoms with van der Waals surface area (Å²) >= 11 is 6.16. The van der Waals surface area contributed by atoms with E-state index in [4.69, 9.17) is 16.3 Å². The van der Waals surface area contributed by atoms with Gasteiger partial charge in [0.25, 0.3) is 0 Å². The maximum absolute atomic E-state index is 11.2. The van der Waals surface area contributed by atoms with Gasteiger partial charge in [0.2, 0.25) is 0 Å². The molecule has 2 aromatic carbocycles. The standard InChI is InChI=1S/C20H22ClNO3/c21-19-9-2-1-6-17(19)14-25-18-8-3-5-15(11-18)12-22-10-4-7-16(13-22)20(23)24/h1-3,5-6,8-9,11,16H,4,7,10,12-14H2,(H,23,24). The molecule has 0 aromatic heterocycles. The van der Waals surface area contributed by atoms with Gasteiger partial charge in [-0.05, 0) is 43.1 Å². The van der Waals surface area contributed by atoms with Crippen LogP contribution in [0.5, 0.6) is 5.75 Å². The first-order valence-corrected chi connectivity index (χ1v) is 8.90. The number of rotatable bonds is 6. The lowest BCUT2D eigenvalue weighted by Gasteiger charge is -2.30. The first-order valence-electron chi connectivity index (χ1n) is 8.52. The minimum Gasteiger partial charge on any atom is -0.489 e. The van der Waals surface area contributed by atoms with Crippen molar-refractivity contribution in [2.75, 3.05) is 13.1 Å². The van der Waals surface area contributed by atoms with Crippen molar-refractivity contribution < 1.29 is 14.6 Å². The molecule has 1 atom stereocenters. The Hall–Kier alpha value is -2.04. The van der Waals surface area contributed by atoms with E-state index in [-0.39, 0.29) is 5.92 Å². The van der Waals surface area contributed by atoms with Crippen LogP contribution in [0.1, 0.15) is 24.0 Å². The predicted octanol–water partition coefficient (Wildman–Crippen LogP) is 4.22. The Morgan fingerprint density at radius 1 is 1.24 bits per heavy atom. The number of piperidine rings is 1. The molecule has 2 aromatic rings. The lowest BCUT2D eigenvalue weighted by atomic mass is 9.98. The normalized spacial score (nSPS) is 18.0. The number of carbonyl (C=O) groups is 1. The SMILES string of the molecule is O=C(O)C1CCCN(Cc2cccc(OCc3ccccc3Cl)c2)C1. The third kappa shape index (κ3) is 4.97. The monoisotopic (exact) mass is 359 g/mol. The molecule has 1 heterocycles. The molecule has 0 amide bonds. The summed E-state index contributed by atoms with van der Waals surface area (Å²) in [5.41, 5.74) is 2.08. The van der Waals surface area contributed by atoms with Crippen LogP contribution in [0.2, 0.25) is 5.02 Å². The van der Waals surface area contributed by atoms with E-state index in [1.807, 2.05) is 48.5 Å². The number of nitrogens with zero attached hydrogens (tertiary/aromatic N) is 1. The molecule has 0 bridgehead atoms. The van der Waals surface area contributed by atoms with Gasteiger partial charge in [0.05, 0.1) is 5.92 Å². The van der Waals surface area contributed by atoms with Crippen molar-refractivity contribution in [2.45, 2.75) is 26.0 Å². The molecule has 1 aliphatic heterocycles. The summed E-state index contributed by atoms with van der Waals surface area (Å²) in [6.07, 6.45) is 1.70. The fraction of sp³-hybridized carbons (Fsp3) is 0.350. The Bertz CT molecular complexity index is 734. The number of aliphatic carboxylic acids is 1. The number of hydrogen-bond acceptors (Lipinski definition) is 3. The Labute approximate surface area is 153 Å². The van der Waals surface area contributed by atoms with Gasteiger partial charge < -0.3 is 9.84 Å². The summed E-state index contributed by atoms with van der Waals surface area (Å²) in [4.78, 5) is 13.4. The van der Waals surface area contributed by atoms with Crippen molar-refractivity contribution in [1.29, 1.82) is 0 Å². The van der Waals surface area contributed by atoms with Crippen molar-refractivity contribution in [2.24, 2.45) is 5.92 Å². The van der Waals surface area contributed by atoms with Crippen molar-refractivity contribution >= 4 is 17.6 Å². The molecule has 1 fully saturated rings. The Balaban J connectivity index is 1.59. The first-order chi connectivity index (χ1) is 12.1. The molecule has 0 radical (unpaired) electrons. The van der Waals surface area contributed by atoms with Gasteiger partial charge in [-0.3, -0.25) is 9.69 Å². The summed E-state index contributed by atoms with van der Waals surface area (Å²) < 4.78 is 5.86. The lowest BCUT2D eigenvalue weighted by molar-refractivity contribution is -0.143. The fourth-order valence-electron chi connectivity index (χ4n) is 3.17. The van der Waals surface area contributed by atoms with Crippen LogP contribution in [0.15, 0.2) is 48.5 Å². The average molecular weight is 360 g/mol.